The number of tetrazole rings is 1. The van der Waals surface area contributed by atoms with Gasteiger partial charge in [0.1, 0.15) is 5.75 Å². The third-order valence-electron chi connectivity index (χ3n) is 5.77. The molecule has 0 saturated heterocycles. The number of hydrogen-bond donors (Lipinski definition) is 1. The number of aromatic amines is 1. The quantitative estimate of drug-likeness (QED) is 0.614. The summed E-state index contributed by atoms with van der Waals surface area (Å²) in [6, 6.07) is 9.10. The van der Waals surface area contributed by atoms with Crippen LogP contribution in [0.3, 0.4) is 0 Å². The fourth-order valence-electron chi connectivity index (χ4n) is 4.15. The highest BCUT2D eigenvalue weighted by Crippen LogP contribution is 2.24. The minimum atomic E-state index is -0.106. The van der Waals surface area contributed by atoms with Crippen molar-refractivity contribution in [3.63, 3.8) is 0 Å². The van der Waals surface area contributed by atoms with Gasteiger partial charge in [0.25, 0.3) is 0 Å². The van der Waals surface area contributed by atoms with Crippen molar-refractivity contribution in [1.82, 2.24) is 25.2 Å². The number of hydrogen-bond acceptors (Lipinski definition) is 5. The molecule has 0 radical (unpaired) electrons. The number of pyridine rings is 1. The second-order valence-electron chi connectivity index (χ2n) is 8.01. The van der Waals surface area contributed by atoms with E-state index < -0.39 is 0 Å². The average Bonchev–Trinajstić information content (AvgIpc) is 3.14. The summed E-state index contributed by atoms with van der Waals surface area (Å²) in [7, 11) is 0. The van der Waals surface area contributed by atoms with Crippen molar-refractivity contribution >= 4 is 10.9 Å². The van der Waals surface area contributed by atoms with Crippen molar-refractivity contribution in [2.45, 2.75) is 64.3 Å². The van der Waals surface area contributed by atoms with E-state index in [-0.39, 0.29) is 5.56 Å². The molecule has 1 aromatic carbocycles. The summed E-state index contributed by atoms with van der Waals surface area (Å²) in [6.45, 7) is 1.51. The van der Waals surface area contributed by atoms with Crippen molar-refractivity contribution in [1.29, 1.82) is 0 Å². The van der Waals surface area contributed by atoms with E-state index in [4.69, 9.17) is 4.74 Å². The van der Waals surface area contributed by atoms with E-state index in [0.717, 1.165) is 41.9 Å². The molecule has 0 bridgehead atoms. The highest BCUT2D eigenvalue weighted by atomic mass is 16.5. The zero-order valence-corrected chi connectivity index (χ0v) is 16.8. The molecule has 1 N–H and O–H groups in total. The van der Waals surface area contributed by atoms with E-state index in [2.05, 4.69) is 20.5 Å². The second-order valence-corrected chi connectivity index (χ2v) is 8.01. The lowest BCUT2D eigenvalue weighted by Crippen LogP contribution is -2.16. The minimum absolute atomic E-state index is 0.106. The van der Waals surface area contributed by atoms with E-state index >= 15 is 0 Å². The molecule has 2 heterocycles. The number of H-pyrrole nitrogens is 1. The first-order chi connectivity index (χ1) is 14.3. The van der Waals surface area contributed by atoms with Gasteiger partial charge in [-0.1, -0.05) is 32.1 Å². The summed E-state index contributed by atoms with van der Waals surface area (Å²) in [6.07, 6.45) is 11.0. The summed E-state index contributed by atoms with van der Waals surface area (Å²) >= 11 is 0. The van der Waals surface area contributed by atoms with Gasteiger partial charge < -0.3 is 9.72 Å². The molecule has 0 atom stereocenters. The molecule has 1 aliphatic carbocycles. The Bertz CT molecular complexity index is 972. The monoisotopic (exact) mass is 395 g/mol. The number of fused-ring (bicyclic) bond motifs is 1. The molecule has 0 spiro atoms. The molecule has 0 amide bonds. The first kappa shape index (κ1) is 19.6. The predicted octanol–water partition coefficient (Wildman–Crippen LogP) is 3.89. The second kappa shape index (κ2) is 9.67. The lowest BCUT2D eigenvalue weighted by atomic mass is 9.91. The third kappa shape index (κ3) is 5.43. The van der Waals surface area contributed by atoms with Crippen LogP contribution in [0.5, 0.6) is 5.75 Å². The molecule has 0 aliphatic heterocycles. The normalized spacial score (nSPS) is 15.9. The Kier molecular flexibility index (Phi) is 6.54. The van der Waals surface area contributed by atoms with Crippen molar-refractivity contribution in [2.75, 3.05) is 6.61 Å². The molecular formula is C22H29N5O2. The van der Waals surface area contributed by atoms with Gasteiger partial charge in [-0.3, -0.25) is 4.79 Å². The molecule has 154 valence electrons. The van der Waals surface area contributed by atoms with Crippen LogP contribution in [0.25, 0.3) is 10.9 Å². The largest absolute Gasteiger partial charge is 0.494 e. The summed E-state index contributed by atoms with van der Waals surface area (Å²) in [4.78, 5) is 14.3. The molecule has 0 unspecified atom stereocenters. The van der Waals surface area contributed by atoms with E-state index in [1.165, 1.54) is 51.0 Å². The van der Waals surface area contributed by atoms with Gasteiger partial charge in [-0.05, 0) is 59.2 Å². The van der Waals surface area contributed by atoms with Gasteiger partial charge in [0.15, 0.2) is 5.82 Å². The average molecular weight is 396 g/mol. The number of rotatable bonds is 7. The zero-order chi connectivity index (χ0) is 19.9. The first-order valence-corrected chi connectivity index (χ1v) is 10.8. The van der Waals surface area contributed by atoms with Gasteiger partial charge in [-0.25, -0.2) is 4.68 Å². The van der Waals surface area contributed by atoms with Gasteiger partial charge in [0.2, 0.25) is 5.56 Å². The maximum Gasteiger partial charge on any atom is 0.248 e. The lowest BCUT2D eigenvalue weighted by Gasteiger charge is -2.19. The van der Waals surface area contributed by atoms with Crippen LogP contribution < -0.4 is 10.3 Å². The van der Waals surface area contributed by atoms with E-state index in [1.807, 2.05) is 28.9 Å². The highest BCUT2D eigenvalue weighted by molar-refractivity contribution is 5.79. The Labute approximate surface area is 170 Å². The van der Waals surface area contributed by atoms with Gasteiger partial charge in [-0.15, -0.1) is 5.10 Å². The number of ether oxygens (including phenoxy) is 1. The van der Waals surface area contributed by atoms with Gasteiger partial charge in [-0.2, -0.15) is 0 Å². The smallest absolute Gasteiger partial charge is 0.248 e. The molecular weight excluding hydrogens is 366 g/mol. The minimum Gasteiger partial charge on any atom is -0.494 e. The molecule has 1 fully saturated rings. The van der Waals surface area contributed by atoms with Crippen LogP contribution in [0.1, 0.15) is 57.2 Å². The van der Waals surface area contributed by atoms with Crippen LogP contribution in [0.4, 0.5) is 0 Å². The Hall–Kier alpha value is -2.70. The van der Waals surface area contributed by atoms with Crippen molar-refractivity contribution in [2.24, 2.45) is 5.92 Å². The van der Waals surface area contributed by atoms with Crippen LogP contribution in [-0.2, 0) is 13.0 Å². The van der Waals surface area contributed by atoms with Crippen molar-refractivity contribution in [3.05, 3.63) is 46.5 Å². The molecule has 7 heteroatoms. The fourth-order valence-corrected chi connectivity index (χ4v) is 4.15. The van der Waals surface area contributed by atoms with Crippen molar-refractivity contribution < 1.29 is 4.74 Å². The molecule has 3 aromatic rings. The van der Waals surface area contributed by atoms with Crippen LogP contribution >= 0.6 is 0 Å². The van der Waals surface area contributed by atoms with Gasteiger partial charge >= 0.3 is 0 Å². The maximum atomic E-state index is 11.5. The van der Waals surface area contributed by atoms with Crippen LogP contribution in [-0.4, -0.2) is 31.8 Å². The zero-order valence-electron chi connectivity index (χ0n) is 16.8. The van der Waals surface area contributed by atoms with E-state index in [9.17, 15) is 4.79 Å². The standard InChI is InChI=1S/C22H29N5O2/c28-22-13-11-18-10-12-19(15-20(18)23-22)29-14-6-9-21-24-25-26-27(21)16-17-7-4-2-1-3-5-8-17/h10-13,15,17H,1-9,14,16H2,(H,23,28). The Balaban J connectivity index is 1.28. The van der Waals surface area contributed by atoms with E-state index in [0.29, 0.717) is 12.5 Å². The van der Waals surface area contributed by atoms with Crippen molar-refractivity contribution in [3.8, 4) is 5.75 Å². The number of benzene rings is 1. The van der Waals surface area contributed by atoms with E-state index in [1.54, 1.807) is 0 Å². The predicted molar refractivity (Wildman–Crippen MR) is 112 cm³/mol. The Morgan fingerprint density at radius 1 is 1.07 bits per heavy atom. The number of aromatic nitrogens is 5. The number of nitrogens with zero attached hydrogens (tertiary/aromatic N) is 4. The summed E-state index contributed by atoms with van der Waals surface area (Å²) in [5.41, 5.74) is 0.684. The molecule has 4 rings (SSSR count). The molecule has 1 aliphatic rings. The molecule has 1 saturated carbocycles. The van der Waals surface area contributed by atoms with Crippen LogP contribution in [0.15, 0.2) is 35.1 Å². The maximum absolute atomic E-state index is 11.5. The van der Waals surface area contributed by atoms with Gasteiger partial charge in [0.05, 0.1) is 12.1 Å². The summed E-state index contributed by atoms with van der Waals surface area (Å²) < 4.78 is 7.87. The van der Waals surface area contributed by atoms with Gasteiger partial charge in [0, 0.05) is 25.1 Å². The summed E-state index contributed by atoms with van der Waals surface area (Å²) in [5, 5.41) is 13.3. The van der Waals surface area contributed by atoms with Crippen LogP contribution in [0, 0.1) is 5.92 Å². The molecule has 29 heavy (non-hydrogen) atoms. The number of nitrogens with one attached hydrogen (secondary N) is 1. The Morgan fingerprint density at radius 3 is 2.72 bits per heavy atom. The number of aryl methyl sites for hydroxylation is 1. The fraction of sp³-hybridized carbons (Fsp3) is 0.545. The summed E-state index contributed by atoms with van der Waals surface area (Å²) in [5.74, 6) is 2.39. The topological polar surface area (TPSA) is 85.7 Å². The molecule has 2 aromatic heterocycles. The lowest BCUT2D eigenvalue weighted by molar-refractivity contribution is 0.302. The Morgan fingerprint density at radius 2 is 1.86 bits per heavy atom. The highest BCUT2D eigenvalue weighted by Gasteiger charge is 2.15. The first-order valence-electron chi connectivity index (χ1n) is 10.8. The third-order valence-corrected chi connectivity index (χ3v) is 5.77. The SMILES string of the molecule is O=c1ccc2ccc(OCCCc3nnnn3CC3CCCCCCC3)cc2[nH]1. The van der Waals surface area contributed by atoms with Crippen LogP contribution in [0.2, 0.25) is 0 Å². The molecule has 7 nitrogen and oxygen atoms in total.